The van der Waals surface area contributed by atoms with Crippen LogP contribution in [0.5, 0.6) is 0 Å². The van der Waals surface area contributed by atoms with Crippen LogP contribution in [-0.4, -0.2) is 24.0 Å². The summed E-state index contributed by atoms with van der Waals surface area (Å²) >= 11 is 5.96. The molecule has 4 nitrogen and oxygen atoms in total. The van der Waals surface area contributed by atoms with Crippen molar-refractivity contribution < 1.29 is 9.53 Å². The molecule has 1 aromatic heterocycles. The fraction of sp³-hybridized carbons (Fsp3) is 0.250. The third-order valence-electron chi connectivity index (χ3n) is 4.13. The molecule has 3 aromatic rings. The Kier molecular flexibility index (Phi) is 5.74. The van der Waals surface area contributed by atoms with Crippen LogP contribution in [0.15, 0.2) is 54.7 Å². The van der Waals surface area contributed by atoms with Gasteiger partial charge in [0.25, 0.3) is 5.91 Å². The van der Waals surface area contributed by atoms with Crippen molar-refractivity contribution in [2.75, 3.05) is 13.2 Å². The molecule has 3 rings (SSSR count). The lowest BCUT2D eigenvalue weighted by Crippen LogP contribution is -2.25. The Hall–Kier alpha value is -2.30. The topological polar surface area (TPSA) is 54.1 Å². The van der Waals surface area contributed by atoms with Crippen molar-refractivity contribution in [2.24, 2.45) is 0 Å². The number of H-pyrrole nitrogens is 1. The number of carbonyl (C=O) groups excluding carboxylic acids is 1. The summed E-state index contributed by atoms with van der Waals surface area (Å²) in [4.78, 5) is 15.4. The summed E-state index contributed by atoms with van der Waals surface area (Å²) in [5.74, 6) is -0.0929. The smallest absolute Gasteiger partial charge is 0.253 e. The maximum atomic E-state index is 12.3. The van der Waals surface area contributed by atoms with Crippen LogP contribution in [0.25, 0.3) is 10.9 Å². The van der Waals surface area contributed by atoms with Gasteiger partial charge in [-0.3, -0.25) is 4.79 Å². The number of carbonyl (C=O) groups is 1. The Morgan fingerprint density at radius 3 is 2.84 bits per heavy atom. The molecule has 0 aliphatic heterocycles. The van der Waals surface area contributed by atoms with Crippen molar-refractivity contribution in [1.82, 2.24) is 10.3 Å². The van der Waals surface area contributed by atoms with E-state index in [1.807, 2.05) is 37.3 Å². The van der Waals surface area contributed by atoms with Crippen LogP contribution < -0.4 is 5.32 Å². The van der Waals surface area contributed by atoms with E-state index in [4.69, 9.17) is 16.3 Å². The predicted molar refractivity (Wildman–Crippen MR) is 101 cm³/mol. The van der Waals surface area contributed by atoms with E-state index in [-0.39, 0.29) is 12.0 Å². The highest BCUT2D eigenvalue weighted by Crippen LogP contribution is 2.22. The minimum Gasteiger partial charge on any atom is -0.374 e. The molecule has 0 aliphatic carbocycles. The fourth-order valence-electron chi connectivity index (χ4n) is 2.74. The van der Waals surface area contributed by atoms with E-state index in [1.54, 1.807) is 12.3 Å². The summed E-state index contributed by atoms with van der Waals surface area (Å²) in [6.45, 7) is 3.20. The SMILES string of the molecule is C[C@@H](OCCCNC(=O)c1c[nH]c2cc(Cl)ccc12)c1ccccc1. The van der Waals surface area contributed by atoms with Crippen LogP contribution in [0.1, 0.15) is 35.4 Å². The highest BCUT2D eigenvalue weighted by Gasteiger charge is 2.11. The molecule has 130 valence electrons. The largest absolute Gasteiger partial charge is 0.374 e. The summed E-state index contributed by atoms with van der Waals surface area (Å²) in [7, 11) is 0. The van der Waals surface area contributed by atoms with Crippen LogP contribution in [0, 0.1) is 0 Å². The van der Waals surface area contributed by atoms with Crippen LogP contribution in [0.2, 0.25) is 5.02 Å². The first kappa shape index (κ1) is 17.5. The molecule has 0 aliphatic rings. The highest BCUT2D eigenvalue weighted by atomic mass is 35.5. The molecule has 0 unspecified atom stereocenters. The standard InChI is InChI=1S/C20H21ClN2O2/c1-14(15-6-3-2-4-7-15)25-11-5-10-22-20(24)18-13-23-19-12-16(21)8-9-17(18)19/h2-4,6-9,12-14,23H,5,10-11H2,1H3,(H,22,24)/t14-/m1/s1. The Bertz CT molecular complexity index is 845. The van der Waals surface area contributed by atoms with E-state index in [9.17, 15) is 4.79 Å². The number of aromatic nitrogens is 1. The number of halogens is 1. The normalized spacial score (nSPS) is 12.2. The van der Waals surface area contributed by atoms with Crippen molar-refractivity contribution in [3.63, 3.8) is 0 Å². The van der Waals surface area contributed by atoms with E-state index < -0.39 is 0 Å². The van der Waals surface area contributed by atoms with Gasteiger partial charge in [0, 0.05) is 35.3 Å². The predicted octanol–water partition coefficient (Wildman–Crippen LogP) is 4.72. The molecule has 2 N–H and O–H groups in total. The first-order valence-corrected chi connectivity index (χ1v) is 8.74. The Morgan fingerprint density at radius 1 is 1.24 bits per heavy atom. The zero-order valence-electron chi connectivity index (χ0n) is 14.1. The van der Waals surface area contributed by atoms with Crippen LogP contribution in [0.3, 0.4) is 0 Å². The van der Waals surface area contributed by atoms with Gasteiger partial charge >= 0.3 is 0 Å². The quantitative estimate of drug-likeness (QED) is 0.602. The number of nitrogens with one attached hydrogen (secondary N) is 2. The van der Waals surface area contributed by atoms with Gasteiger partial charge in [0.05, 0.1) is 11.7 Å². The number of hydrogen-bond donors (Lipinski definition) is 2. The average molecular weight is 357 g/mol. The first-order chi connectivity index (χ1) is 12.1. The third kappa shape index (κ3) is 4.41. The molecule has 0 saturated carbocycles. The molecule has 0 bridgehead atoms. The van der Waals surface area contributed by atoms with Crippen molar-refractivity contribution in [2.45, 2.75) is 19.4 Å². The number of amides is 1. The molecule has 0 fully saturated rings. The van der Waals surface area contributed by atoms with E-state index in [2.05, 4.69) is 22.4 Å². The van der Waals surface area contributed by atoms with Gasteiger partial charge in [0.1, 0.15) is 0 Å². The maximum absolute atomic E-state index is 12.3. The van der Waals surface area contributed by atoms with Crippen LogP contribution >= 0.6 is 11.6 Å². The van der Waals surface area contributed by atoms with Gasteiger partial charge in [-0.15, -0.1) is 0 Å². The lowest BCUT2D eigenvalue weighted by molar-refractivity contribution is 0.0635. The van der Waals surface area contributed by atoms with Crippen molar-refractivity contribution in [3.8, 4) is 0 Å². The molecule has 0 spiro atoms. The minimum absolute atomic E-state index is 0.0512. The Labute approximate surface area is 152 Å². The first-order valence-electron chi connectivity index (χ1n) is 8.36. The van der Waals surface area contributed by atoms with Crippen molar-refractivity contribution >= 4 is 28.4 Å². The van der Waals surface area contributed by atoms with Crippen molar-refractivity contribution in [3.05, 3.63) is 70.9 Å². The summed E-state index contributed by atoms with van der Waals surface area (Å²) < 4.78 is 5.81. The summed E-state index contributed by atoms with van der Waals surface area (Å²) in [5.41, 5.74) is 2.65. The monoisotopic (exact) mass is 356 g/mol. The van der Waals surface area contributed by atoms with E-state index in [1.165, 1.54) is 0 Å². The van der Waals surface area contributed by atoms with Gasteiger partial charge in [-0.05, 0) is 31.0 Å². The molecule has 1 amide bonds. The molecule has 25 heavy (non-hydrogen) atoms. The van der Waals surface area contributed by atoms with Crippen LogP contribution in [-0.2, 0) is 4.74 Å². The summed E-state index contributed by atoms with van der Waals surface area (Å²) in [6, 6.07) is 15.6. The number of ether oxygens (including phenoxy) is 1. The zero-order chi connectivity index (χ0) is 17.6. The minimum atomic E-state index is -0.0929. The van der Waals surface area contributed by atoms with Gasteiger partial charge in [-0.1, -0.05) is 48.0 Å². The molecule has 0 saturated heterocycles. The second-order valence-electron chi connectivity index (χ2n) is 5.93. The van der Waals surface area contributed by atoms with Gasteiger partial charge in [-0.2, -0.15) is 0 Å². The van der Waals surface area contributed by atoms with Crippen molar-refractivity contribution in [1.29, 1.82) is 0 Å². The van der Waals surface area contributed by atoms with Gasteiger partial charge in [-0.25, -0.2) is 0 Å². The zero-order valence-corrected chi connectivity index (χ0v) is 14.8. The molecule has 1 heterocycles. The lowest BCUT2D eigenvalue weighted by Gasteiger charge is -2.13. The second kappa shape index (κ2) is 8.19. The summed E-state index contributed by atoms with van der Waals surface area (Å²) in [5, 5.41) is 4.45. The highest BCUT2D eigenvalue weighted by molar-refractivity contribution is 6.31. The Balaban J connectivity index is 1.45. The molecular weight excluding hydrogens is 336 g/mol. The average Bonchev–Trinajstić information content (AvgIpc) is 3.05. The second-order valence-corrected chi connectivity index (χ2v) is 6.36. The molecule has 5 heteroatoms. The molecule has 1 atom stereocenters. The third-order valence-corrected chi connectivity index (χ3v) is 4.37. The fourth-order valence-corrected chi connectivity index (χ4v) is 2.91. The number of benzene rings is 2. The maximum Gasteiger partial charge on any atom is 0.253 e. The number of rotatable bonds is 7. The molecule has 0 radical (unpaired) electrons. The van der Waals surface area contributed by atoms with Gasteiger partial charge in [0.15, 0.2) is 0 Å². The number of aromatic amines is 1. The number of hydrogen-bond acceptors (Lipinski definition) is 2. The Morgan fingerprint density at radius 2 is 2.04 bits per heavy atom. The number of fused-ring (bicyclic) bond motifs is 1. The molecular formula is C20H21ClN2O2. The van der Waals surface area contributed by atoms with Crippen LogP contribution in [0.4, 0.5) is 0 Å². The molecule has 2 aromatic carbocycles. The van der Waals surface area contributed by atoms with E-state index in [0.29, 0.717) is 23.7 Å². The van der Waals surface area contributed by atoms with E-state index >= 15 is 0 Å². The van der Waals surface area contributed by atoms with Gasteiger partial charge < -0.3 is 15.0 Å². The van der Waals surface area contributed by atoms with E-state index in [0.717, 1.165) is 22.9 Å². The lowest BCUT2D eigenvalue weighted by atomic mass is 10.1. The van der Waals surface area contributed by atoms with Gasteiger partial charge in [0.2, 0.25) is 0 Å². The summed E-state index contributed by atoms with van der Waals surface area (Å²) in [6.07, 6.45) is 2.52.